The Bertz CT molecular complexity index is 988. The highest BCUT2D eigenvalue weighted by atomic mass is 79.9. The first-order valence-electron chi connectivity index (χ1n) is 7.86. The Morgan fingerprint density at radius 1 is 1.11 bits per heavy atom. The van der Waals surface area contributed by atoms with Crippen molar-refractivity contribution in [2.24, 2.45) is 5.73 Å². The van der Waals surface area contributed by atoms with Crippen LogP contribution in [0.5, 0.6) is 0 Å². The molecule has 7 nitrogen and oxygen atoms in total. The number of anilines is 3. The molecule has 0 spiro atoms. The van der Waals surface area contributed by atoms with Crippen LogP contribution in [0.1, 0.15) is 6.92 Å². The standard InChI is InChI=1S/C14H11BrN4.C5H7NO2/c15-9-2-1-3-11(6-9)19-14-12-7-10(16)4-5-13(12)17-8-18-14;1-4(7)2-3-5(6)8/h1-8H,16H2,(H,17,18,19);2-3H,1H3,(H2,6,8). The van der Waals surface area contributed by atoms with Crippen LogP contribution in [-0.2, 0) is 9.59 Å². The highest BCUT2D eigenvalue weighted by Crippen LogP contribution is 2.25. The largest absolute Gasteiger partial charge is 0.399 e. The second-order valence-corrected chi connectivity index (χ2v) is 6.40. The summed E-state index contributed by atoms with van der Waals surface area (Å²) in [4.78, 5) is 28.4. The fourth-order valence-corrected chi connectivity index (χ4v) is 2.48. The minimum absolute atomic E-state index is 0.177. The Labute approximate surface area is 164 Å². The first-order chi connectivity index (χ1) is 12.8. The molecule has 0 bridgehead atoms. The van der Waals surface area contributed by atoms with E-state index in [2.05, 4.69) is 36.9 Å². The number of ketones is 1. The number of halogens is 1. The lowest BCUT2D eigenvalue weighted by Crippen LogP contribution is -2.06. The number of nitrogens with one attached hydrogen (secondary N) is 1. The molecule has 27 heavy (non-hydrogen) atoms. The fraction of sp³-hybridized carbons (Fsp3) is 0.0526. The summed E-state index contributed by atoms with van der Waals surface area (Å²) in [5, 5.41) is 4.18. The van der Waals surface area contributed by atoms with Crippen LogP contribution in [0.4, 0.5) is 17.2 Å². The summed E-state index contributed by atoms with van der Waals surface area (Å²) in [6.45, 7) is 1.35. The van der Waals surface area contributed by atoms with Crippen LogP contribution in [0.3, 0.4) is 0 Å². The van der Waals surface area contributed by atoms with Gasteiger partial charge in [-0.1, -0.05) is 22.0 Å². The van der Waals surface area contributed by atoms with E-state index in [-0.39, 0.29) is 5.78 Å². The molecular weight excluding hydrogens is 410 g/mol. The van der Waals surface area contributed by atoms with Crippen LogP contribution in [0.2, 0.25) is 0 Å². The molecule has 138 valence electrons. The van der Waals surface area contributed by atoms with Crippen molar-refractivity contribution in [3.8, 4) is 0 Å². The normalized spacial score (nSPS) is 10.3. The Morgan fingerprint density at radius 2 is 1.89 bits per heavy atom. The first kappa shape index (κ1) is 20.1. The molecule has 0 unspecified atom stereocenters. The zero-order valence-electron chi connectivity index (χ0n) is 14.5. The van der Waals surface area contributed by atoms with Crippen molar-refractivity contribution < 1.29 is 9.59 Å². The van der Waals surface area contributed by atoms with Gasteiger partial charge in [0.05, 0.1) is 5.52 Å². The number of carbonyl (C=O) groups excluding carboxylic acids is 2. The van der Waals surface area contributed by atoms with Crippen molar-refractivity contribution in [1.82, 2.24) is 9.97 Å². The van der Waals surface area contributed by atoms with Crippen molar-refractivity contribution in [1.29, 1.82) is 0 Å². The molecular formula is C19H18BrN5O2. The molecule has 8 heteroatoms. The third-order valence-corrected chi connectivity index (χ3v) is 3.72. The minimum atomic E-state index is -0.597. The van der Waals surface area contributed by atoms with E-state index in [0.29, 0.717) is 5.69 Å². The average Bonchev–Trinajstić information content (AvgIpc) is 2.61. The van der Waals surface area contributed by atoms with Crippen LogP contribution in [-0.4, -0.2) is 21.7 Å². The van der Waals surface area contributed by atoms with Crippen molar-refractivity contribution >= 4 is 55.7 Å². The van der Waals surface area contributed by atoms with Gasteiger partial charge in [0.1, 0.15) is 12.1 Å². The Hall–Kier alpha value is -3.26. The van der Waals surface area contributed by atoms with Crippen molar-refractivity contribution in [3.63, 3.8) is 0 Å². The Kier molecular flexibility index (Phi) is 7.01. The van der Waals surface area contributed by atoms with Crippen LogP contribution in [0, 0.1) is 0 Å². The smallest absolute Gasteiger partial charge is 0.241 e. The number of benzene rings is 2. The molecule has 3 aromatic rings. The second-order valence-electron chi connectivity index (χ2n) is 5.48. The summed E-state index contributed by atoms with van der Waals surface area (Å²) in [5.74, 6) is -0.0283. The highest BCUT2D eigenvalue weighted by molar-refractivity contribution is 9.10. The lowest BCUT2D eigenvalue weighted by atomic mass is 10.2. The number of hydrogen-bond donors (Lipinski definition) is 3. The first-order valence-corrected chi connectivity index (χ1v) is 8.65. The molecule has 0 radical (unpaired) electrons. The van der Waals surface area contributed by atoms with Gasteiger partial charge in [0.2, 0.25) is 5.91 Å². The van der Waals surface area contributed by atoms with Gasteiger partial charge in [-0.15, -0.1) is 0 Å². The highest BCUT2D eigenvalue weighted by Gasteiger charge is 2.04. The van der Waals surface area contributed by atoms with Crippen LogP contribution >= 0.6 is 15.9 Å². The van der Waals surface area contributed by atoms with E-state index in [9.17, 15) is 9.59 Å². The zero-order chi connectivity index (χ0) is 19.8. The molecule has 1 heterocycles. The summed E-state index contributed by atoms with van der Waals surface area (Å²) in [7, 11) is 0. The number of amides is 1. The van der Waals surface area contributed by atoms with Gasteiger partial charge in [-0.25, -0.2) is 9.97 Å². The van der Waals surface area contributed by atoms with Gasteiger partial charge in [-0.05, 0) is 49.4 Å². The molecule has 1 amide bonds. The topological polar surface area (TPSA) is 124 Å². The van der Waals surface area contributed by atoms with Crippen molar-refractivity contribution in [2.45, 2.75) is 6.92 Å². The molecule has 0 aliphatic rings. The number of nitrogens with two attached hydrogens (primary N) is 2. The molecule has 0 aliphatic carbocycles. The monoisotopic (exact) mass is 427 g/mol. The second kappa shape index (κ2) is 9.44. The maximum absolute atomic E-state index is 10.1. The Morgan fingerprint density at radius 3 is 2.52 bits per heavy atom. The van der Waals surface area contributed by atoms with Crippen LogP contribution in [0.15, 0.2) is 65.4 Å². The number of nitrogens with zero attached hydrogens (tertiary/aromatic N) is 2. The number of aromatic nitrogens is 2. The van der Waals surface area contributed by atoms with E-state index in [1.165, 1.54) is 6.92 Å². The number of nitrogen functional groups attached to an aromatic ring is 1. The van der Waals surface area contributed by atoms with E-state index < -0.39 is 5.91 Å². The number of allylic oxidation sites excluding steroid dienone is 1. The van der Waals surface area contributed by atoms with Crippen molar-refractivity contribution in [2.75, 3.05) is 11.1 Å². The summed E-state index contributed by atoms with van der Waals surface area (Å²) >= 11 is 3.44. The molecule has 0 fully saturated rings. The predicted molar refractivity (Wildman–Crippen MR) is 110 cm³/mol. The van der Waals surface area contributed by atoms with Crippen LogP contribution < -0.4 is 16.8 Å². The van der Waals surface area contributed by atoms with E-state index in [4.69, 9.17) is 5.73 Å². The van der Waals surface area contributed by atoms with Crippen LogP contribution in [0.25, 0.3) is 10.9 Å². The molecule has 0 aliphatic heterocycles. The molecule has 1 aromatic heterocycles. The average molecular weight is 428 g/mol. The third-order valence-electron chi connectivity index (χ3n) is 3.23. The number of carbonyl (C=O) groups is 2. The summed E-state index contributed by atoms with van der Waals surface area (Å²) in [6, 6.07) is 13.5. The minimum Gasteiger partial charge on any atom is -0.399 e. The number of hydrogen-bond acceptors (Lipinski definition) is 6. The van der Waals surface area contributed by atoms with Gasteiger partial charge in [-0.3, -0.25) is 9.59 Å². The van der Waals surface area contributed by atoms with E-state index in [1.807, 2.05) is 42.5 Å². The van der Waals surface area contributed by atoms with E-state index in [0.717, 1.165) is 39.0 Å². The van der Waals surface area contributed by atoms with Gasteiger partial charge in [0.25, 0.3) is 0 Å². The lowest BCUT2D eigenvalue weighted by molar-refractivity contribution is -0.115. The fourth-order valence-electron chi connectivity index (χ4n) is 2.08. The Balaban J connectivity index is 0.000000279. The van der Waals surface area contributed by atoms with E-state index in [1.54, 1.807) is 6.33 Å². The molecule has 2 aromatic carbocycles. The maximum Gasteiger partial charge on any atom is 0.241 e. The lowest BCUT2D eigenvalue weighted by Gasteiger charge is -2.09. The quantitative estimate of drug-likeness (QED) is 0.433. The zero-order valence-corrected chi connectivity index (χ0v) is 16.1. The molecule has 0 atom stereocenters. The number of fused-ring (bicyclic) bond motifs is 1. The molecule has 0 saturated carbocycles. The van der Waals surface area contributed by atoms with Gasteiger partial charge >= 0.3 is 0 Å². The molecule has 0 saturated heterocycles. The van der Waals surface area contributed by atoms with Gasteiger partial charge < -0.3 is 16.8 Å². The third kappa shape index (κ3) is 6.52. The molecule has 5 N–H and O–H groups in total. The van der Waals surface area contributed by atoms with Gasteiger partial charge in [0.15, 0.2) is 5.78 Å². The van der Waals surface area contributed by atoms with Gasteiger partial charge in [-0.2, -0.15) is 0 Å². The van der Waals surface area contributed by atoms with E-state index >= 15 is 0 Å². The summed E-state index contributed by atoms with van der Waals surface area (Å²) in [5.41, 5.74) is 13.0. The predicted octanol–water partition coefficient (Wildman–Crippen LogP) is 3.34. The summed E-state index contributed by atoms with van der Waals surface area (Å²) in [6.07, 6.45) is 3.70. The summed E-state index contributed by atoms with van der Waals surface area (Å²) < 4.78 is 1.01. The van der Waals surface area contributed by atoms with Gasteiger partial charge in [0, 0.05) is 27.3 Å². The number of primary amides is 1. The molecule has 3 rings (SSSR count). The maximum atomic E-state index is 10.1. The number of rotatable bonds is 4. The van der Waals surface area contributed by atoms with Crippen molar-refractivity contribution in [3.05, 3.63) is 65.4 Å². The SMILES string of the molecule is CC(=O)C=CC(N)=O.Nc1ccc2ncnc(Nc3cccc(Br)c3)c2c1.